The van der Waals surface area contributed by atoms with Crippen molar-refractivity contribution in [2.45, 2.75) is 25.4 Å². The first-order chi connectivity index (χ1) is 12.1. The highest BCUT2D eigenvalue weighted by molar-refractivity contribution is 5.87. The molecule has 6 nitrogen and oxygen atoms in total. The van der Waals surface area contributed by atoms with Gasteiger partial charge in [-0.3, -0.25) is 5.32 Å². The number of benzene rings is 1. The maximum absolute atomic E-state index is 14.3. The number of cyclic esters (lactones) is 1. The Morgan fingerprint density at radius 2 is 2.24 bits per heavy atom. The number of rotatable bonds is 2. The van der Waals surface area contributed by atoms with E-state index in [1.165, 1.54) is 18.2 Å². The molecule has 1 aromatic carbocycles. The van der Waals surface area contributed by atoms with E-state index in [-0.39, 0.29) is 23.8 Å². The third-order valence-electron chi connectivity index (χ3n) is 4.71. The predicted molar refractivity (Wildman–Crippen MR) is 89.9 cm³/mol. The number of hydrogen-bond acceptors (Lipinski definition) is 5. The van der Waals surface area contributed by atoms with Crippen molar-refractivity contribution in [1.82, 2.24) is 10.3 Å². The Labute approximate surface area is 144 Å². The van der Waals surface area contributed by atoms with Gasteiger partial charge in [-0.2, -0.15) is 0 Å². The molecule has 2 aromatic rings. The molecule has 0 bridgehead atoms. The summed E-state index contributed by atoms with van der Waals surface area (Å²) in [6.45, 7) is 1.91. The minimum atomic E-state index is -0.581. The highest BCUT2D eigenvalue weighted by atomic mass is 19.1. The van der Waals surface area contributed by atoms with Gasteiger partial charge in [-0.25, -0.2) is 14.2 Å². The van der Waals surface area contributed by atoms with Crippen LogP contribution < -0.4 is 10.6 Å². The van der Waals surface area contributed by atoms with Crippen LogP contribution in [0.3, 0.4) is 0 Å². The molecule has 0 aliphatic carbocycles. The molecule has 1 saturated heterocycles. The zero-order chi connectivity index (χ0) is 17.4. The SMILES string of the molecule is O=C1Nc2nc(-c3c(O)cccc3F)cc(C3CCCNC3)c2CO1. The van der Waals surface area contributed by atoms with E-state index in [0.717, 1.165) is 37.1 Å². The number of nitrogens with zero attached hydrogens (tertiary/aromatic N) is 1. The number of carbonyl (C=O) groups excluding carboxylic acids is 1. The molecule has 0 radical (unpaired) electrons. The molecular weight excluding hydrogens is 325 g/mol. The minimum Gasteiger partial charge on any atom is -0.507 e. The largest absolute Gasteiger partial charge is 0.507 e. The summed E-state index contributed by atoms with van der Waals surface area (Å²) in [4.78, 5) is 16.0. The van der Waals surface area contributed by atoms with Crippen molar-refractivity contribution < 1.29 is 19.0 Å². The van der Waals surface area contributed by atoms with Crippen LogP contribution in [0.4, 0.5) is 15.0 Å². The Bertz CT molecular complexity index is 814. The van der Waals surface area contributed by atoms with Crippen molar-refractivity contribution in [1.29, 1.82) is 0 Å². The summed E-state index contributed by atoms with van der Waals surface area (Å²) in [5.41, 5.74) is 2.12. The lowest BCUT2D eigenvalue weighted by Gasteiger charge is -2.28. The van der Waals surface area contributed by atoms with Gasteiger partial charge in [0.2, 0.25) is 0 Å². The van der Waals surface area contributed by atoms with Gasteiger partial charge in [0, 0.05) is 12.1 Å². The maximum Gasteiger partial charge on any atom is 0.413 e. The molecule has 1 aromatic heterocycles. The molecule has 0 spiro atoms. The van der Waals surface area contributed by atoms with Gasteiger partial charge in [0.25, 0.3) is 0 Å². The molecule has 2 aliphatic heterocycles. The highest BCUT2D eigenvalue weighted by Gasteiger charge is 2.27. The molecule has 7 heteroatoms. The van der Waals surface area contributed by atoms with Crippen LogP contribution in [0, 0.1) is 5.82 Å². The number of ether oxygens (including phenoxy) is 1. The van der Waals surface area contributed by atoms with Crippen molar-refractivity contribution in [3.63, 3.8) is 0 Å². The number of aromatic hydroxyl groups is 1. The zero-order valence-corrected chi connectivity index (χ0v) is 13.5. The second-order valence-electron chi connectivity index (χ2n) is 6.30. The number of pyridine rings is 1. The lowest BCUT2D eigenvalue weighted by molar-refractivity contribution is 0.150. The van der Waals surface area contributed by atoms with Gasteiger partial charge in [0.05, 0.1) is 11.3 Å². The van der Waals surface area contributed by atoms with Crippen LogP contribution in [-0.2, 0) is 11.3 Å². The number of halogens is 1. The fraction of sp³-hybridized carbons (Fsp3) is 0.333. The Balaban J connectivity index is 1.88. The first-order valence-corrected chi connectivity index (χ1v) is 8.29. The number of phenols is 1. The van der Waals surface area contributed by atoms with E-state index in [0.29, 0.717) is 11.5 Å². The van der Waals surface area contributed by atoms with Crippen molar-refractivity contribution in [3.8, 4) is 17.0 Å². The molecule has 4 rings (SSSR count). The average Bonchev–Trinajstić information content (AvgIpc) is 2.61. The van der Waals surface area contributed by atoms with Crippen molar-refractivity contribution in [2.24, 2.45) is 0 Å². The zero-order valence-electron chi connectivity index (χ0n) is 13.5. The van der Waals surface area contributed by atoms with E-state index >= 15 is 0 Å². The quantitative estimate of drug-likeness (QED) is 0.780. The number of anilines is 1. The fourth-order valence-corrected chi connectivity index (χ4v) is 3.49. The second kappa shape index (κ2) is 6.33. The number of fused-ring (bicyclic) bond motifs is 1. The van der Waals surface area contributed by atoms with E-state index in [4.69, 9.17) is 4.74 Å². The van der Waals surface area contributed by atoms with Crippen LogP contribution in [0.2, 0.25) is 0 Å². The summed E-state index contributed by atoms with van der Waals surface area (Å²) < 4.78 is 19.4. The van der Waals surface area contributed by atoms with E-state index < -0.39 is 11.9 Å². The van der Waals surface area contributed by atoms with Crippen molar-refractivity contribution in [2.75, 3.05) is 18.4 Å². The van der Waals surface area contributed by atoms with Gasteiger partial charge < -0.3 is 15.2 Å². The molecule has 3 heterocycles. The number of aromatic nitrogens is 1. The molecule has 1 atom stereocenters. The van der Waals surface area contributed by atoms with Crippen LogP contribution in [-0.4, -0.2) is 29.3 Å². The molecule has 130 valence electrons. The molecule has 1 amide bonds. The number of nitrogens with one attached hydrogen (secondary N) is 2. The lowest BCUT2D eigenvalue weighted by atomic mass is 9.87. The Morgan fingerprint density at radius 3 is 3.00 bits per heavy atom. The lowest BCUT2D eigenvalue weighted by Crippen LogP contribution is -2.30. The number of hydrogen-bond donors (Lipinski definition) is 3. The first-order valence-electron chi connectivity index (χ1n) is 8.29. The topological polar surface area (TPSA) is 83.5 Å². The van der Waals surface area contributed by atoms with Gasteiger partial charge >= 0.3 is 6.09 Å². The van der Waals surface area contributed by atoms with Gasteiger partial charge in [0.15, 0.2) is 0 Å². The van der Waals surface area contributed by atoms with Crippen LogP contribution in [0.25, 0.3) is 11.3 Å². The number of phenolic OH excluding ortho intramolecular Hbond substituents is 1. The number of carbonyl (C=O) groups is 1. The molecule has 1 fully saturated rings. The smallest absolute Gasteiger partial charge is 0.413 e. The molecule has 1 unspecified atom stereocenters. The monoisotopic (exact) mass is 343 g/mol. The van der Waals surface area contributed by atoms with E-state index in [2.05, 4.69) is 15.6 Å². The fourth-order valence-electron chi connectivity index (χ4n) is 3.49. The molecule has 2 aliphatic rings. The highest BCUT2D eigenvalue weighted by Crippen LogP contribution is 2.38. The van der Waals surface area contributed by atoms with Crippen molar-refractivity contribution >= 4 is 11.9 Å². The molecule has 3 N–H and O–H groups in total. The second-order valence-corrected chi connectivity index (χ2v) is 6.30. The van der Waals surface area contributed by atoms with Crippen LogP contribution >= 0.6 is 0 Å². The summed E-state index contributed by atoms with van der Waals surface area (Å²) in [6, 6.07) is 5.94. The Morgan fingerprint density at radius 1 is 1.36 bits per heavy atom. The van der Waals surface area contributed by atoms with E-state index in [9.17, 15) is 14.3 Å². The first kappa shape index (κ1) is 15.8. The van der Waals surface area contributed by atoms with Gasteiger partial charge in [-0.15, -0.1) is 0 Å². The van der Waals surface area contributed by atoms with Gasteiger partial charge in [-0.1, -0.05) is 6.07 Å². The number of amides is 1. The van der Waals surface area contributed by atoms with Crippen LogP contribution in [0.15, 0.2) is 24.3 Å². The standard InChI is InChI=1S/C18H18FN3O3/c19-13-4-1-5-15(23)16(13)14-7-11(10-3-2-6-20-8-10)12-9-25-18(24)22-17(12)21-14/h1,4-5,7,10,20,23H,2-3,6,8-9H2,(H,21,22,24). The normalized spacial score (nSPS) is 19.7. The van der Waals surface area contributed by atoms with Crippen LogP contribution in [0.5, 0.6) is 5.75 Å². The summed E-state index contributed by atoms with van der Waals surface area (Å²) in [5.74, 6) is -0.147. The molecule has 0 saturated carbocycles. The average molecular weight is 343 g/mol. The summed E-state index contributed by atoms with van der Waals surface area (Å²) in [6.07, 6.45) is 1.44. The minimum absolute atomic E-state index is 0.0380. The summed E-state index contributed by atoms with van der Waals surface area (Å²) >= 11 is 0. The summed E-state index contributed by atoms with van der Waals surface area (Å²) in [5, 5.41) is 16.0. The number of piperidine rings is 1. The summed E-state index contributed by atoms with van der Waals surface area (Å²) in [7, 11) is 0. The Kier molecular flexibility index (Phi) is 4.01. The maximum atomic E-state index is 14.3. The predicted octanol–water partition coefficient (Wildman–Crippen LogP) is 3.12. The van der Waals surface area contributed by atoms with Gasteiger partial charge in [-0.05, 0) is 49.1 Å². The molecular formula is C18H18FN3O3. The van der Waals surface area contributed by atoms with Crippen molar-refractivity contribution in [3.05, 3.63) is 41.2 Å². The third-order valence-corrected chi connectivity index (χ3v) is 4.71. The molecule has 25 heavy (non-hydrogen) atoms. The van der Waals surface area contributed by atoms with Gasteiger partial charge in [0.1, 0.15) is 24.0 Å². The Hall–Kier alpha value is -2.67. The van der Waals surface area contributed by atoms with E-state index in [1.807, 2.05) is 0 Å². The van der Waals surface area contributed by atoms with E-state index in [1.54, 1.807) is 6.07 Å². The third kappa shape index (κ3) is 2.91. The van der Waals surface area contributed by atoms with Crippen LogP contribution in [0.1, 0.15) is 29.9 Å².